The van der Waals surface area contributed by atoms with Crippen molar-refractivity contribution in [3.8, 4) is 0 Å². The van der Waals surface area contributed by atoms with E-state index < -0.39 is 0 Å². The summed E-state index contributed by atoms with van der Waals surface area (Å²) in [5, 5.41) is 0. The van der Waals surface area contributed by atoms with E-state index in [1.54, 1.807) is 0 Å². The van der Waals surface area contributed by atoms with Gasteiger partial charge >= 0.3 is 0 Å². The highest BCUT2D eigenvalue weighted by Gasteiger charge is 2.40. The highest BCUT2D eigenvalue weighted by molar-refractivity contribution is 6.02. The molecule has 0 radical (unpaired) electrons. The molecule has 2 rings (SSSR count). The number of unbranched alkanes of at least 4 members (excludes halogenated alkanes) is 1. The number of nitrogens with zero attached hydrogens (tertiary/aromatic N) is 1. The summed E-state index contributed by atoms with van der Waals surface area (Å²) in [6.07, 6.45) is 5.15. The average Bonchev–Trinajstić information content (AvgIpc) is 2.35. The quantitative estimate of drug-likeness (QED) is 0.719. The zero-order valence-corrected chi connectivity index (χ0v) is 11.7. The van der Waals surface area contributed by atoms with Crippen molar-refractivity contribution in [3.05, 3.63) is 0 Å². The van der Waals surface area contributed by atoms with Gasteiger partial charge in [-0.05, 0) is 44.7 Å². The second kappa shape index (κ2) is 5.96. The minimum Gasteiger partial charge on any atom is -0.306 e. The summed E-state index contributed by atoms with van der Waals surface area (Å²) >= 11 is 0. The molecule has 1 saturated heterocycles. The molecule has 0 bridgehead atoms. The molecule has 3 unspecified atom stereocenters. The van der Waals surface area contributed by atoms with Crippen molar-refractivity contribution in [2.75, 3.05) is 20.1 Å². The van der Waals surface area contributed by atoms with E-state index in [-0.39, 0.29) is 17.5 Å². The number of rotatable bonds is 4. The van der Waals surface area contributed by atoms with Gasteiger partial charge in [-0.3, -0.25) is 9.59 Å². The standard InChI is InChI=1S/C15H25NO2/c1-3-4-5-14(17)13-8-12-10-16(2)7-6-11(12)9-15(13)18/h11-13H,3-10H2,1-2H3. The fourth-order valence-electron chi connectivity index (χ4n) is 3.47. The Morgan fingerprint density at radius 1 is 1.39 bits per heavy atom. The van der Waals surface area contributed by atoms with Crippen LogP contribution in [0.2, 0.25) is 0 Å². The molecule has 0 amide bonds. The van der Waals surface area contributed by atoms with Crippen molar-refractivity contribution in [2.45, 2.75) is 45.4 Å². The molecule has 1 saturated carbocycles. The monoisotopic (exact) mass is 251 g/mol. The molecule has 18 heavy (non-hydrogen) atoms. The number of fused-ring (bicyclic) bond motifs is 1. The fraction of sp³-hybridized carbons (Fsp3) is 0.867. The van der Waals surface area contributed by atoms with Crippen molar-refractivity contribution in [1.82, 2.24) is 4.90 Å². The van der Waals surface area contributed by atoms with Gasteiger partial charge in [0.1, 0.15) is 11.6 Å². The molecule has 3 nitrogen and oxygen atoms in total. The van der Waals surface area contributed by atoms with Gasteiger partial charge in [0, 0.05) is 19.4 Å². The lowest BCUT2D eigenvalue weighted by Crippen LogP contribution is -2.45. The number of hydrogen-bond donors (Lipinski definition) is 0. The van der Waals surface area contributed by atoms with Crippen molar-refractivity contribution in [1.29, 1.82) is 0 Å². The third-order valence-electron chi connectivity index (χ3n) is 4.65. The molecule has 0 aromatic heterocycles. The van der Waals surface area contributed by atoms with Crippen molar-refractivity contribution < 1.29 is 9.59 Å². The number of Topliss-reactive ketones (excluding diaryl/α,β-unsaturated/α-hetero) is 2. The molecule has 3 atom stereocenters. The van der Waals surface area contributed by atoms with Crippen molar-refractivity contribution >= 4 is 11.6 Å². The third-order valence-corrected chi connectivity index (χ3v) is 4.65. The molecule has 0 N–H and O–H groups in total. The third kappa shape index (κ3) is 3.00. The van der Waals surface area contributed by atoms with Gasteiger partial charge in [0.05, 0.1) is 5.92 Å². The molecule has 0 spiro atoms. The average molecular weight is 251 g/mol. The first kappa shape index (κ1) is 13.7. The Kier molecular flexibility index (Phi) is 4.55. The molecule has 1 aliphatic heterocycles. The van der Waals surface area contributed by atoms with Crippen LogP contribution in [-0.4, -0.2) is 36.6 Å². The Labute approximate surface area is 110 Å². The Morgan fingerprint density at radius 2 is 2.17 bits per heavy atom. The van der Waals surface area contributed by atoms with Crippen LogP contribution in [0.1, 0.15) is 45.4 Å². The van der Waals surface area contributed by atoms with E-state index >= 15 is 0 Å². The van der Waals surface area contributed by atoms with Crippen molar-refractivity contribution in [3.63, 3.8) is 0 Å². The van der Waals surface area contributed by atoms with E-state index in [2.05, 4.69) is 18.9 Å². The lowest BCUT2D eigenvalue weighted by atomic mass is 9.69. The second-order valence-corrected chi connectivity index (χ2v) is 6.10. The molecule has 2 aliphatic rings. The van der Waals surface area contributed by atoms with E-state index in [4.69, 9.17) is 0 Å². The Balaban J connectivity index is 1.96. The maximum atomic E-state index is 12.1. The first-order chi connectivity index (χ1) is 8.61. The fourth-order valence-corrected chi connectivity index (χ4v) is 3.47. The summed E-state index contributed by atoms with van der Waals surface area (Å²) in [6.45, 7) is 4.25. The molecule has 1 heterocycles. The van der Waals surface area contributed by atoms with Gasteiger partial charge in [0.2, 0.25) is 0 Å². The topological polar surface area (TPSA) is 37.4 Å². The SMILES string of the molecule is CCCCC(=O)C1CC2CN(C)CCC2CC1=O. The number of ketones is 2. The summed E-state index contributed by atoms with van der Waals surface area (Å²) in [5.41, 5.74) is 0. The summed E-state index contributed by atoms with van der Waals surface area (Å²) < 4.78 is 0. The molecule has 3 heteroatoms. The molecular formula is C15H25NO2. The van der Waals surface area contributed by atoms with E-state index in [0.717, 1.165) is 38.8 Å². The van der Waals surface area contributed by atoms with Crippen LogP contribution in [0.5, 0.6) is 0 Å². The summed E-state index contributed by atoms with van der Waals surface area (Å²) in [4.78, 5) is 26.5. The Hall–Kier alpha value is -0.700. The van der Waals surface area contributed by atoms with Crippen LogP contribution >= 0.6 is 0 Å². The number of carbonyl (C=O) groups is 2. The van der Waals surface area contributed by atoms with Gasteiger partial charge in [0.15, 0.2) is 0 Å². The van der Waals surface area contributed by atoms with Crippen LogP contribution in [0.25, 0.3) is 0 Å². The largest absolute Gasteiger partial charge is 0.306 e. The molecule has 102 valence electrons. The Bertz CT molecular complexity index is 318. The highest BCUT2D eigenvalue weighted by atomic mass is 16.1. The van der Waals surface area contributed by atoms with Gasteiger partial charge < -0.3 is 4.90 Å². The van der Waals surface area contributed by atoms with Crippen molar-refractivity contribution in [2.24, 2.45) is 17.8 Å². The lowest BCUT2D eigenvalue weighted by molar-refractivity contribution is -0.138. The number of carbonyl (C=O) groups excluding carboxylic acids is 2. The van der Waals surface area contributed by atoms with Gasteiger partial charge in [-0.1, -0.05) is 13.3 Å². The lowest BCUT2D eigenvalue weighted by Gasteiger charge is -2.41. The maximum Gasteiger partial charge on any atom is 0.143 e. The van der Waals surface area contributed by atoms with Crippen LogP contribution < -0.4 is 0 Å². The zero-order valence-electron chi connectivity index (χ0n) is 11.7. The summed E-state index contributed by atoms with van der Waals surface area (Å²) in [6, 6.07) is 0. The second-order valence-electron chi connectivity index (χ2n) is 6.10. The minimum absolute atomic E-state index is 0.202. The number of likely N-dealkylation sites (tertiary alicyclic amines) is 1. The van der Waals surface area contributed by atoms with Gasteiger partial charge in [0.25, 0.3) is 0 Å². The summed E-state index contributed by atoms with van der Waals surface area (Å²) in [5.74, 6) is 1.26. The van der Waals surface area contributed by atoms with Gasteiger partial charge in [-0.2, -0.15) is 0 Å². The maximum absolute atomic E-state index is 12.1. The number of piperidine rings is 1. The van der Waals surface area contributed by atoms with Crippen LogP contribution in [0.4, 0.5) is 0 Å². The van der Waals surface area contributed by atoms with Crippen LogP contribution in [0, 0.1) is 17.8 Å². The zero-order chi connectivity index (χ0) is 13.1. The molecule has 0 aromatic carbocycles. The minimum atomic E-state index is -0.274. The van der Waals surface area contributed by atoms with Crippen LogP contribution in [-0.2, 0) is 9.59 Å². The first-order valence-electron chi connectivity index (χ1n) is 7.35. The predicted molar refractivity (Wildman–Crippen MR) is 71.4 cm³/mol. The molecular weight excluding hydrogens is 226 g/mol. The predicted octanol–water partition coefficient (Wildman–Crippen LogP) is 2.29. The molecule has 1 aliphatic carbocycles. The number of hydrogen-bond acceptors (Lipinski definition) is 3. The normalized spacial score (nSPS) is 33.2. The van der Waals surface area contributed by atoms with E-state index in [0.29, 0.717) is 24.7 Å². The van der Waals surface area contributed by atoms with E-state index in [1.165, 1.54) is 0 Å². The van der Waals surface area contributed by atoms with Crippen LogP contribution in [0.15, 0.2) is 0 Å². The smallest absolute Gasteiger partial charge is 0.143 e. The van der Waals surface area contributed by atoms with Crippen LogP contribution in [0.3, 0.4) is 0 Å². The summed E-state index contributed by atoms with van der Waals surface area (Å²) in [7, 11) is 2.14. The highest BCUT2D eigenvalue weighted by Crippen LogP contribution is 2.37. The first-order valence-corrected chi connectivity index (χ1v) is 7.35. The van der Waals surface area contributed by atoms with Gasteiger partial charge in [-0.15, -0.1) is 0 Å². The Morgan fingerprint density at radius 3 is 2.89 bits per heavy atom. The van der Waals surface area contributed by atoms with Gasteiger partial charge in [-0.25, -0.2) is 0 Å². The van der Waals surface area contributed by atoms with E-state index in [1.807, 2.05) is 0 Å². The molecule has 2 fully saturated rings. The molecule has 0 aromatic rings. The van der Waals surface area contributed by atoms with E-state index in [9.17, 15) is 9.59 Å².